The fourth-order valence-electron chi connectivity index (χ4n) is 2.35. The molecule has 0 aliphatic carbocycles. The number of carbonyl (C=O) groups is 2. The molecule has 0 saturated carbocycles. The summed E-state index contributed by atoms with van der Waals surface area (Å²) >= 11 is 6.28. The summed E-state index contributed by atoms with van der Waals surface area (Å²) in [6, 6.07) is 5.70. The SMILES string of the molecule is CCOC(=O)C(=Cc1cc2ccc(C)c(C)c2nc1Cl)C(=O)OCC. The maximum atomic E-state index is 12.1. The van der Waals surface area contributed by atoms with Gasteiger partial charge < -0.3 is 9.47 Å². The number of carbonyl (C=O) groups excluding carboxylic acids is 2. The molecule has 0 fully saturated rings. The predicted octanol–water partition coefficient (Wildman–Crippen LogP) is 4.01. The van der Waals surface area contributed by atoms with Gasteiger partial charge in [-0.25, -0.2) is 14.6 Å². The number of fused-ring (bicyclic) bond motifs is 1. The third kappa shape index (κ3) is 4.17. The first kappa shape index (κ1) is 18.9. The van der Waals surface area contributed by atoms with E-state index < -0.39 is 11.9 Å². The lowest BCUT2D eigenvalue weighted by atomic mass is 10.0. The van der Waals surface area contributed by atoms with Crippen LogP contribution in [-0.2, 0) is 19.1 Å². The number of hydrogen-bond acceptors (Lipinski definition) is 5. The summed E-state index contributed by atoms with van der Waals surface area (Å²) in [5.41, 5.74) is 3.17. The maximum absolute atomic E-state index is 12.1. The van der Waals surface area contributed by atoms with E-state index in [1.807, 2.05) is 26.0 Å². The smallest absolute Gasteiger partial charge is 0.345 e. The quantitative estimate of drug-likeness (QED) is 0.264. The first-order chi connectivity index (χ1) is 11.9. The standard InChI is InChI=1S/C19H20ClNO4/c1-5-24-18(22)15(19(23)25-6-2)10-14-9-13-8-7-11(3)12(4)16(13)21-17(14)20/h7-10H,5-6H2,1-4H3. The van der Waals surface area contributed by atoms with Gasteiger partial charge in [0, 0.05) is 10.9 Å². The number of esters is 2. The van der Waals surface area contributed by atoms with Gasteiger partial charge in [-0.3, -0.25) is 0 Å². The molecule has 0 radical (unpaired) electrons. The van der Waals surface area contributed by atoms with Gasteiger partial charge >= 0.3 is 11.9 Å². The van der Waals surface area contributed by atoms with E-state index in [1.165, 1.54) is 6.08 Å². The molecule has 0 atom stereocenters. The second-order valence-corrected chi connectivity index (χ2v) is 5.80. The van der Waals surface area contributed by atoms with Gasteiger partial charge in [0.25, 0.3) is 0 Å². The largest absolute Gasteiger partial charge is 0.462 e. The normalized spacial score (nSPS) is 10.4. The fraction of sp³-hybridized carbons (Fsp3) is 0.316. The van der Waals surface area contributed by atoms with E-state index in [2.05, 4.69) is 4.98 Å². The van der Waals surface area contributed by atoms with E-state index in [1.54, 1.807) is 19.9 Å². The van der Waals surface area contributed by atoms with Crippen LogP contribution < -0.4 is 0 Å². The van der Waals surface area contributed by atoms with E-state index >= 15 is 0 Å². The maximum Gasteiger partial charge on any atom is 0.345 e. The number of pyridine rings is 1. The van der Waals surface area contributed by atoms with E-state index in [4.69, 9.17) is 21.1 Å². The minimum absolute atomic E-state index is 0.151. The lowest BCUT2D eigenvalue weighted by Gasteiger charge is -2.09. The number of ether oxygens (including phenoxy) is 2. The third-order valence-corrected chi connectivity index (χ3v) is 4.09. The van der Waals surface area contributed by atoms with Crippen molar-refractivity contribution in [3.8, 4) is 0 Å². The van der Waals surface area contributed by atoms with Gasteiger partial charge in [-0.05, 0) is 51.0 Å². The second-order valence-electron chi connectivity index (χ2n) is 5.45. The minimum Gasteiger partial charge on any atom is -0.462 e. The van der Waals surface area contributed by atoms with Gasteiger partial charge in [0.1, 0.15) is 10.7 Å². The summed E-state index contributed by atoms with van der Waals surface area (Å²) in [5, 5.41) is 1.07. The highest BCUT2D eigenvalue weighted by molar-refractivity contribution is 6.32. The molecule has 0 N–H and O–H groups in total. The van der Waals surface area contributed by atoms with Crippen LogP contribution in [0.1, 0.15) is 30.5 Å². The Morgan fingerprint density at radius 2 is 1.72 bits per heavy atom. The van der Waals surface area contributed by atoms with Crippen molar-refractivity contribution in [2.24, 2.45) is 0 Å². The summed E-state index contributed by atoms with van der Waals surface area (Å²) in [4.78, 5) is 28.6. The third-order valence-electron chi connectivity index (χ3n) is 3.78. The fourth-order valence-corrected chi connectivity index (χ4v) is 2.55. The molecule has 5 nitrogen and oxygen atoms in total. The molecule has 2 aromatic rings. The summed E-state index contributed by atoms with van der Waals surface area (Å²) in [7, 11) is 0. The molecule has 0 aliphatic heterocycles. The van der Waals surface area contributed by atoms with Crippen molar-refractivity contribution >= 4 is 40.5 Å². The highest BCUT2D eigenvalue weighted by atomic mass is 35.5. The molecule has 1 aromatic heterocycles. The van der Waals surface area contributed by atoms with Gasteiger partial charge in [0.2, 0.25) is 0 Å². The highest BCUT2D eigenvalue weighted by Gasteiger charge is 2.22. The van der Waals surface area contributed by atoms with Gasteiger partial charge in [0.15, 0.2) is 0 Å². The highest BCUT2D eigenvalue weighted by Crippen LogP contribution is 2.26. The zero-order chi connectivity index (χ0) is 18.6. The minimum atomic E-state index is -0.753. The monoisotopic (exact) mass is 361 g/mol. The molecule has 0 aliphatic rings. The molecule has 132 valence electrons. The van der Waals surface area contributed by atoms with E-state index in [0.717, 1.165) is 22.0 Å². The Balaban J connectivity index is 2.58. The summed E-state index contributed by atoms with van der Waals surface area (Å²) < 4.78 is 9.87. The average molecular weight is 362 g/mol. The molecule has 1 aromatic carbocycles. The van der Waals surface area contributed by atoms with Crippen LogP contribution in [-0.4, -0.2) is 30.1 Å². The van der Waals surface area contributed by atoms with Crippen LogP contribution in [0.2, 0.25) is 5.15 Å². The van der Waals surface area contributed by atoms with E-state index in [0.29, 0.717) is 5.56 Å². The number of halogens is 1. The first-order valence-corrected chi connectivity index (χ1v) is 8.39. The number of rotatable bonds is 5. The van der Waals surface area contributed by atoms with Crippen molar-refractivity contribution in [3.05, 3.63) is 45.6 Å². The Morgan fingerprint density at radius 1 is 1.12 bits per heavy atom. The van der Waals surface area contributed by atoms with Gasteiger partial charge in [-0.15, -0.1) is 0 Å². The Hall–Kier alpha value is -2.40. The Morgan fingerprint density at radius 3 is 2.28 bits per heavy atom. The average Bonchev–Trinajstić information content (AvgIpc) is 2.57. The molecule has 0 bridgehead atoms. The molecular formula is C19H20ClNO4. The van der Waals surface area contributed by atoms with E-state index in [-0.39, 0.29) is 23.9 Å². The number of aryl methyl sites for hydroxylation is 2. The molecule has 0 spiro atoms. The molecular weight excluding hydrogens is 342 g/mol. The molecule has 0 amide bonds. The number of nitrogens with zero attached hydrogens (tertiary/aromatic N) is 1. The summed E-state index contributed by atoms with van der Waals surface area (Å²) in [5.74, 6) is -1.51. The van der Waals surface area contributed by atoms with Crippen molar-refractivity contribution in [3.63, 3.8) is 0 Å². The van der Waals surface area contributed by atoms with Crippen molar-refractivity contribution in [2.75, 3.05) is 13.2 Å². The lowest BCUT2D eigenvalue weighted by molar-refractivity contribution is -0.146. The topological polar surface area (TPSA) is 65.5 Å². The molecule has 0 saturated heterocycles. The van der Waals surface area contributed by atoms with Crippen LogP contribution in [0.4, 0.5) is 0 Å². The number of benzene rings is 1. The van der Waals surface area contributed by atoms with Crippen LogP contribution in [0.15, 0.2) is 23.8 Å². The molecule has 0 unspecified atom stereocenters. The summed E-state index contributed by atoms with van der Waals surface area (Å²) in [6.45, 7) is 7.60. The predicted molar refractivity (Wildman–Crippen MR) is 97.5 cm³/mol. The number of hydrogen-bond donors (Lipinski definition) is 0. The summed E-state index contributed by atoms with van der Waals surface area (Å²) in [6.07, 6.45) is 1.36. The Bertz CT molecular complexity index is 838. The van der Waals surface area contributed by atoms with Gasteiger partial charge in [0.05, 0.1) is 18.7 Å². The van der Waals surface area contributed by atoms with Crippen LogP contribution in [0.5, 0.6) is 0 Å². The van der Waals surface area contributed by atoms with Gasteiger partial charge in [-0.1, -0.05) is 23.7 Å². The lowest BCUT2D eigenvalue weighted by Crippen LogP contribution is -2.18. The Kier molecular flexibility index (Phi) is 6.15. The van der Waals surface area contributed by atoms with Crippen molar-refractivity contribution in [1.29, 1.82) is 0 Å². The van der Waals surface area contributed by atoms with Crippen LogP contribution in [0.25, 0.3) is 17.0 Å². The van der Waals surface area contributed by atoms with Crippen molar-refractivity contribution in [1.82, 2.24) is 4.98 Å². The van der Waals surface area contributed by atoms with Crippen molar-refractivity contribution in [2.45, 2.75) is 27.7 Å². The molecule has 1 heterocycles. The van der Waals surface area contributed by atoms with Crippen molar-refractivity contribution < 1.29 is 19.1 Å². The van der Waals surface area contributed by atoms with Gasteiger partial charge in [-0.2, -0.15) is 0 Å². The second kappa shape index (κ2) is 8.12. The molecule has 6 heteroatoms. The first-order valence-electron chi connectivity index (χ1n) is 8.01. The zero-order valence-electron chi connectivity index (χ0n) is 14.7. The van der Waals surface area contributed by atoms with Crippen LogP contribution >= 0.6 is 11.6 Å². The number of aromatic nitrogens is 1. The van der Waals surface area contributed by atoms with Crippen LogP contribution in [0, 0.1) is 13.8 Å². The van der Waals surface area contributed by atoms with E-state index in [9.17, 15) is 9.59 Å². The molecule has 25 heavy (non-hydrogen) atoms. The zero-order valence-corrected chi connectivity index (χ0v) is 15.4. The Labute approximate surface area is 151 Å². The molecule has 2 rings (SSSR count). The van der Waals surface area contributed by atoms with Crippen LogP contribution in [0.3, 0.4) is 0 Å².